The van der Waals surface area contributed by atoms with E-state index in [0.29, 0.717) is 6.61 Å². The monoisotopic (exact) mass is 268 g/mol. The molecular weight excluding hydrogens is 252 g/mol. The molecule has 0 spiro atoms. The van der Waals surface area contributed by atoms with Crippen molar-refractivity contribution in [3.05, 3.63) is 54.4 Å². The van der Waals surface area contributed by atoms with Gasteiger partial charge in [0.15, 0.2) is 0 Å². The lowest BCUT2D eigenvalue weighted by molar-refractivity contribution is 0.292. The van der Waals surface area contributed by atoms with Crippen LogP contribution in [0.1, 0.15) is 5.82 Å². The number of para-hydroxylation sites is 1. The topological polar surface area (TPSA) is 36.3 Å². The minimum absolute atomic E-state index is 0.442. The van der Waals surface area contributed by atoms with Crippen molar-refractivity contribution in [1.82, 2.24) is 9.55 Å². The summed E-state index contributed by atoms with van der Waals surface area (Å²) in [6.45, 7) is 0.442. The van der Waals surface area contributed by atoms with E-state index in [-0.39, 0.29) is 0 Å². The van der Waals surface area contributed by atoms with Gasteiger partial charge in [-0.3, -0.25) is 0 Å². The van der Waals surface area contributed by atoms with Crippen molar-refractivity contribution < 1.29 is 9.47 Å². The molecule has 2 aromatic carbocycles. The summed E-state index contributed by atoms with van der Waals surface area (Å²) in [4.78, 5) is 4.59. The maximum atomic E-state index is 5.74. The highest BCUT2D eigenvalue weighted by molar-refractivity contribution is 5.77. The van der Waals surface area contributed by atoms with E-state index in [1.54, 1.807) is 7.11 Å². The maximum absolute atomic E-state index is 5.74. The molecule has 0 aliphatic heterocycles. The summed E-state index contributed by atoms with van der Waals surface area (Å²) in [7, 11) is 3.65. The highest BCUT2D eigenvalue weighted by atomic mass is 16.5. The van der Waals surface area contributed by atoms with E-state index in [9.17, 15) is 0 Å². The molecule has 20 heavy (non-hydrogen) atoms. The van der Waals surface area contributed by atoms with Crippen molar-refractivity contribution in [3.8, 4) is 11.5 Å². The third-order valence-electron chi connectivity index (χ3n) is 3.29. The number of fused-ring (bicyclic) bond motifs is 1. The molecule has 102 valence electrons. The van der Waals surface area contributed by atoms with Crippen LogP contribution in [0.3, 0.4) is 0 Å². The Bertz CT molecular complexity index is 720. The Labute approximate surface area is 117 Å². The van der Waals surface area contributed by atoms with Crippen LogP contribution in [0.25, 0.3) is 11.0 Å². The molecule has 0 saturated heterocycles. The lowest BCUT2D eigenvalue weighted by Gasteiger charge is -2.06. The number of imidazole rings is 1. The van der Waals surface area contributed by atoms with Crippen LogP contribution in [0.4, 0.5) is 0 Å². The summed E-state index contributed by atoms with van der Waals surface area (Å²) >= 11 is 0. The zero-order valence-corrected chi connectivity index (χ0v) is 11.5. The van der Waals surface area contributed by atoms with Crippen molar-refractivity contribution in [2.24, 2.45) is 7.05 Å². The highest BCUT2D eigenvalue weighted by Gasteiger charge is 2.09. The van der Waals surface area contributed by atoms with Gasteiger partial charge in [-0.25, -0.2) is 4.98 Å². The Morgan fingerprint density at radius 1 is 1.05 bits per heavy atom. The van der Waals surface area contributed by atoms with Crippen molar-refractivity contribution in [2.45, 2.75) is 6.61 Å². The molecule has 0 bridgehead atoms. The molecule has 0 aliphatic carbocycles. The molecule has 4 heteroatoms. The van der Waals surface area contributed by atoms with E-state index in [1.807, 2.05) is 60.1 Å². The Morgan fingerprint density at radius 2 is 1.85 bits per heavy atom. The molecule has 0 aliphatic rings. The van der Waals surface area contributed by atoms with Gasteiger partial charge in [0, 0.05) is 13.1 Å². The van der Waals surface area contributed by atoms with E-state index in [2.05, 4.69) is 4.98 Å². The molecule has 0 radical (unpaired) electrons. The van der Waals surface area contributed by atoms with E-state index in [0.717, 1.165) is 28.4 Å². The number of hydrogen-bond donors (Lipinski definition) is 0. The highest BCUT2D eigenvalue weighted by Crippen LogP contribution is 2.21. The second-order valence-electron chi connectivity index (χ2n) is 4.54. The molecule has 0 N–H and O–H groups in total. The summed E-state index contributed by atoms with van der Waals surface area (Å²) in [6, 6.07) is 15.6. The lowest BCUT2D eigenvalue weighted by Crippen LogP contribution is -2.03. The lowest BCUT2D eigenvalue weighted by atomic mass is 10.3. The first-order chi connectivity index (χ1) is 9.78. The van der Waals surface area contributed by atoms with Gasteiger partial charge in [0.05, 0.1) is 18.1 Å². The van der Waals surface area contributed by atoms with Crippen LogP contribution in [0.5, 0.6) is 11.5 Å². The Hall–Kier alpha value is -2.49. The predicted octanol–water partition coefficient (Wildman–Crippen LogP) is 3.16. The first-order valence-corrected chi connectivity index (χ1v) is 6.45. The van der Waals surface area contributed by atoms with Crippen molar-refractivity contribution in [3.63, 3.8) is 0 Å². The summed E-state index contributed by atoms with van der Waals surface area (Å²) in [5, 5.41) is 0. The molecular formula is C16H16N2O2. The van der Waals surface area contributed by atoms with Gasteiger partial charge < -0.3 is 14.0 Å². The van der Waals surface area contributed by atoms with Crippen LogP contribution in [0.2, 0.25) is 0 Å². The average molecular weight is 268 g/mol. The summed E-state index contributed by atoms with van der Waals surface area (Å²) < 4.78 is 13.0. The fraction of sp³-hybridized carbons (Fsp3) is 0.188. The second kappa shape index (κ2) is 5.25. The Balaban J connectivity index is 1.86. The van der Waals surface area contributed by atoms with Crippen molar-refractivity contribution in [2.75, 3.05) is 7.11 Å². The predicted molar refractivity (Wildman–Crippen MR) is 78.0 cm³/mol. The third kappa shape index (κ3) is 2.32. The standard InChI is InChI=1S/C16H16N2O2/c1-18-15-10-13(19-2)8-9-14(15)17-16(18)11-20-12-6-4-3-5-7-12/h3-10H,11H2,1-2H3. The SMILES string of the molecule is COc1ccc2nc(COc3ccccc3)n(C)c2c1. The normalized spacial score (nSPS) is 10.7. The number of methoxy groups -OCH3 is 1. The van der Waals surface area contributed by atoms with E-state index in [1.165, 1.54) is 0 Å². The fourth-order valence-electron chi connectivity index (χ4n) is 2.14. The maximum Gasteiger partial charge on any atom is 0.147 e. The largest absolute Gasteiger partial charge is 0.497 e. The molecule has 4 nitrogen and oxygen atoms in total. The Kier molecular flexibility index (Phi) is 3.29. The molecule has 0 fully saturated rings. The van der Waals surface area contributed by atoms with Crippen LogP contribution in [-0.2, 0) is 13.7 Å². The first kappa shape index (κ1) is 12.5. The number of aryl methyl sites for hydroxylation is 1. The van der Waals surface area contributed by atoms with E-state index >= 15 is 0 Å². The number of rotatable bonds is 4. The molecule has 0 atom stereocenters. The first-order valence-electron chi connectivity index (χ1n) is 6.45. The molecule has 1 aromatic heterocycles. The summed E-state index contributed by atoms with van der Waals surface area (Å²) in [5.74, 6) is 2.56. The second-order valence-corrected chi connectivity index (χ2v) is 4.54. The summed E-state index contributed by atoms with van der Waals surface area (Å²) in [5.41, 5.74) is 1.98. The smallest absolute Gasteiger partial charge is 0.147 e. The van der Waals surface area contributed by atoms with Gasteiger partial charge in [0.2, 0.25) is 0 Å². The van der Waals surface area contributed by atoms with Gasteiger partial charge in [0.1, 0.15) is 23.9 Å². The van der Waals surface area contributed by atoms with Gasteiger partial charge in [-0.1, -0.05) is 18.2 Å². The van der Waals surface area contributed by atoms with Crippen LogP contribution in [0, 0.1) is 0 Å². The van der Waals surface area contributed by atoms with Gasteiger partial charge >= 0.3 is 0 Å². The quantitative estimate of drug-likeness (QED) is 0.729. The van der Waals surface area contributed by atoms with Crippen LogP contribution in [0.15, 0.2) is 48.5 Å². The van der Waals surface area contributed by atoms with Crippen molar-refractivity contribution >= 4 is 11.0 Å². The van der Waals surface area contributed by atoms with Gasteiger partial charge in [-0.05, 0) is 24.3 Å². The average Bonchev–Trinajstić information content (AvgIpc) is 2.82. The summed E-state index contributed by atoms with van der Waals surface area (Å²) in [6.07, 6.45) is 0. The fourth-order valence-corrected chi connectivity index (χ4v) is 2.14. The minimum atomic E-state index is 0.442. The number of aromatic nitrogens is 2. The van der Waals surface area contributed by atoms with Crippen molar-refractivity contribution in [1.29, 1.82) is 0 Å². The van der Waals surface area contributed by atoms with Gasteiger partial charge in [-0.2, -0.15) is 0 Å². The molecule has 0 saturated carbocycles. The third-order valence-corrected chi connectivity index (χ3v) is 3.29. The van der Waals surface area contributed by atoms with Crippen LogP contribution >= 0.6 is 0 Å². The van der Waals surface area contributed by atoms with Crippen LogP contribution in [-0.4, -0.2) is 16.7 Å². The molecule has 1 heterocycles. The molecule has 3 aromatic rings. The van der Waals surface area contributed by atoms with Gasteiger partial charge in [-0.15, -0.1) is 0 Å². The van der Waals surface area contributed by atoms with Crippen LogP contribution < -0.4 is 9.47 Å². The van der Waals surface area contributed by atoms with E-state index in [4.69, 9.17) is 9.47 Å². The molecule has 3 rings (SSSR count). The zero-order chi connectivity index (χ0) is 13.9. The number of benzene rings is 2. The van der Waals surface area contributed by atoms with Gasteiger partial charge in [0.25, 0.3) is 0 Å². The molecule has 0 amide bonds. The minimum Gasteiger partial charge on any atom is -0.497 e. The molecule has 0 unspecified atom stereocenters. The number of nitrogens with zero attached hydrogens (tertiary/aromatic N) is 2. The van der Waals surface area contributed by atoms with E-state index < -0.39 is 0 Å². The Morgan fingerprint density at radius 3 is 2.60 bits per heavy atom. The number of ether oxygens (including phenoxy) is 2. The zero-order valence-electron chi connectivity index (χ0n) is 11.5. The number of hydrogen-bond acceptors (Lipinski definition) is 3.